The molecule has 0 radical (unpaired) electrons. The van der Waals surface area contributed by atoms with Crippen LogP contribution in [0.5, 0.6) is 17.2 Å². The second kappa shape index (κ2) is 13.7. The summed E-state index contributed by atoms with van der Waals surface area (Å²) in [5.41, 5.74) is 4.26. The van der Waals surface area contributed by atoms with E-state index in [9.17, 15) is 14.7 Å². The van der Waals surface area contributed by atoms with Gasteiger partial charge in [-0.05, 0) is 72.4 Å². The van der Waals surface area contributed by atoms with E-state index in [2.05, 4.69) is 6.07 Å². The number of carbonyl (C=O) groups is 2. The van der Waals surface area contributed by atoms with Crippen molar-refractivity contribution in [2.45, 2.75) is 31.6 Å². The number of ketones is 1. The smallest absolute Gasteiger partial charge is 0.549 e. The third-order valence-corrected chi connectivity index (χ3v) is 7.45. The molecule has 0 spiro atoms. The number of hydrogen-bond donors (Lipinski definition) is 0. The van der Waals surface area contributed by atoms with Gasteiger partial charge in [0.25, 0.3) is 0 Å². The largest absolute Gasteiger partial charge is 1.00 e. The number of halogens is 2. The van der Waals surface area contributed by atoms with Gasteiger partial charge in [-0.2, -0.15) is 0 Å². The number of hydrogen-bond acceptors (Lipinski definition) is 5. The summed E-state index contributed by atoms with van der Waals surface area (Å²) in [6.45, 7) is 0.273. The van der Waals surface area contributed by atoms with Crippen molar-refractivity contribution >= 4 is 35.0 Å². The van der Waals surface area contributed by atoms with Crippen LogP contribution in [0, 0.1) is 0 Å². The maximum atomic E-state index is 12.8. The number of carbonyl (C=O) groups excluding carboxylic acids is 2. The van der Waals surface area contributed by atoms with Gasteiger partial charge in [-0.1, -0.05) is 65.7 Å². The molecule has 0 amide bonds. The van der Waals surface area contributed by atoms with Crippen LogP contribution in [0.2, 0.25) is 10.0 Å². The van der Waals surface area contributed by atoms with E-state index in [4.69, 9.17) is 32.7 Å². The van der Waals surface area contributed by atoms with Crippen molar-refractivity contribution in [3.05, 3.63) is 112 Å². The molecule has 1 aliphatic rings. The van der Waals surface area contributed by atoms with Crippen molar-refractivity contribution in [2.24, 2.45) is 0 Å². The first-order valence-corrected chi connectivity index (χ1v) is 13.5. The van der Waals surface area contributed by atoms with Crippen LogP contribution in [0.3, 0.4) is 0 Å². The Bertz CT molecular complexity index is 1510. The summed E-state index contributed by atoms with van der Waals surface area (Å²) in [6, 6.07) is 26.1. The van der Waals surface area contributed by atoms with Crippen LogP contribution in [0.1, 0.15) is 46.7 Å². The SMILES string of the molecule is O=C(CCCc1ccc(-c2ccccc2)cc1Cl)c1ccc(Oc2cc3c(cc2Cl)C(C(=O)[O-])CCO3)cc1.[Na+]. The number of carboxylic acids is 1. The Labute approximate surface area is 265 Å². The molecule has 0 saturated heterocycles. The third-order valence-electron chi connectivity index (χ3n) is 6.80. The van der Waals surface area contributed by atoms with Crippen LogP contribution in [0.25, 0.3) is 11.1 Å². The quantitative estimate of drug-likeness (QED) is 0.217. The van der Waals surface area contributed by atoms with Gasteiger partial charge in [0.1, 0.15) is 17.2 Å². The van der Waals surface area contributed by atoms with Crippen LogP contribution in [-0.4, -0.2) is 18.4 Å². The maximum absolute atomic E-state index is 12.8. The van der Waals surface area contributed by atoms with Gasteiger partial charge in [0.05, 0.1) is 11.6 Å². The summed E-state index contributed by atoms with van der Waals surface area (Å²) in [6.07, 6.45) is 2.11. The van der Waals surface area contributed by atoms with Crippen molar-refractivity contribution in [3.8, 4) is 28.4 Å². The Morgan fingerprint density at radius 3 is 2.35 bits per heavy atom. The van der Waals surface area contributed by atoms with E-state index in [1.807, 2.05) is 42.5 Å². The molecular weight excluding hydrogens is 558 g/mol. The standard InChI is InChI=1S/C32H26Cl2O5.Na/c33-27-17-23(20-5-2-1-3-6-20)10-9-21(27)7-4-8-29(35)22-11-13-24(14-12-22)39-31-19-30-26(18-28(31)34)25(32(36)37)15-16-38-30;/h1-3,5-6,9-14,17-19,25H,4,7-8,15-16H2,(H,36,37);/q;+1/p-1. The number of benzene rings is 4. The van der Waals surface area contributed by atoms with E-state index in [0.29, 0.717) is 59.1 Å². The Morgan fingerprint density at radius 2 is 1.65 bits per heavy atom. The first-order chi connectivity index (χ1) is 18.9. The molecule has 4 aromatic rings. The predicted octanol–water partition coefficient (Wildman–Crippen LogP) is 4.28. The Kier molecular flexibility index (Phi) is 10.3. The van der Waals surface area contributed by atoms with Crippen LogP contribution in [0.15, 0.2) is 84.9 Å². The maximum Gasteiger partial charge on any atom is 1.00 e. The molecule has 40 heavy (non-hydrogen) atoms. The van der Waals surface area contributed by atoms with Crippen LogP contribution < -0.4 is 44.1 Å². The molecule has 0 bridgehead atoms. The predicted molar refractivity (Wildman–Crippen MR) is 150 cm³/mol. The topological polar surface area (TPSA) is 75.7 Å². The van der Waals surface area contributed by atoms with E-state index >= 15 is 0 Å². The number of Topliss-reactive ketones (excluding diaryl/α,β-unsaturated/α-hetero) is 1. The second-order valence-electron chi connectivity index (χ2n) is 9.40. The van der Waals surface area contributed by atoms with Gasteiger partial charge in [0, 0.05) is 40.5 Å². The van der Waals surface area contributed by atoms with Crippen molar-refractivity contribution < 1.29 is 53.7 Å². The van der Waals surface area contributed by atoms with E-state index in [-0.39, 0.29) is 47.0 Å². The first kappa shape index (κ1) is 30.2. The molecule has 0 aromatic heterocycles. The molecule has 198 valence electrons. The second-order valence-corrected chi connectivity index (χ2v) is 10.2. The summed E-state index contributed by atoms with van der Waals surface area (Å²) < 4.78 is 11.5. The van der Waals surface area contributed by atoms with E-state index in [0.717, 1.165) is 16.7 Å². The molecule has 5 rings (SSSR count). The van der Waals surface area contributed by atoms with E-state index in [1.165, 1.54) is 0 Å². The average Bonchev–Trinajstić information content (AvgIpc) is 2.94. The van der Waals surface area contributed by atoms with Crippen LogP contribution >= 0.6 is 23.2 Å². The molecule has 1 aliphatic heterocycles. The minimum Gasteiger partial charge on any atom is -0.549 e. The Morgan fingerprint density at radius 1 is 0.900 bits per heavy atom. The zero-order valence-corrected chi connectivity index (χ0v) is 25.5. The minimum atomic E-state index is -1.16. The summed E-state index contributed by atoms with van der Waals surface area (Å²) in [5, 5.41) is 12.4. The molecule has 8 heteroatoms. The number of aryl methyl sites for hydroxylation is 1. The number of rotatable bonds is 9. The molecule has 0 N–H and O–H groups in total. The molecular formula is C32H25Cl2NaO5. The van der Waals surface area contributed by atoms with E-state index in [1.54, 1.807) is 36.4 Å². The normalized spacial score (nSPS) is 13.9. The molecule has 1 heterocycles. The number of ether oxygens (including phenoxy) is 2. The minimum absolute atomic E-state index is 0. The fourth-order valence-electron chi connectivity index (χ4n) is 4.69. The molecule has 5 nitrogen and oxygen atoms in total. The molecule has 0 aliphatic carbocycles. The van der Waals surface area contributed by atoms with Crippen molar-refractivity contribution in [2.75, 3.05) is 6.61 Å². The van der Waals surface area contributed by atoms with Crippen molar-refractivity contribution in [1.82, 2.24) is 0 Å². The van der Waals surface area contributed by atoms with E-state index < -0.39 is 11.9 Å². The van der Waals surface area contributed by atoms with Gasteiger partial charge < -0.3 is 19.4 Å². The van der Waals surface area contributed by atoms with Gasteiger partial charge in [0.2, 0.25) is 0 Å². The van der Waals surface area contributed by atoms with Gasteiger partial charge in [-0.25, -0.2) is 0 Å². The van der Waals surface area contributed by atoms with Crippen molar-refractivity contribution in [3.63, 3.8) is 0 Å². The summed E-state index contributed by atoms with van der Waals surface area (Å²) in [4.78, 5) is 24.2. The summed E-state index contributed by atoms with van der Waals surface area (Å²) >= 11 is 12.9. The molecule has 1 atom stereocenters. The molecule has 0 fully saturated rings. The Balaban J connectivity index is 0.00000370. The fraction of sp³-hybridized carbons (Fsp3) is 0.188. The molecule has 0 saturated carbocycles. The average molecular weight is 583 g/mol. The van der Waals surface area contributed by atoms with Crippen molar-refractivity contribution in [1.29, 1.82) is 0 Å². The summed E-state index contributed by atoms with van der Waals surface area (Å²) in [7, 11) is 0. The van der Waals surface area contributed by atoms with Gasteiger partial charge in [-0.3, -0.25) is 4.79 Å². The third kappa shape index (κ3) is 7.09. The monoisotopic (exact) mass is 582 g/mol. The number of aliphatic carboxylic acids is 1. The zero-order valence-electron chi connectivity index (χ0n) is 22.0. The molecule has 1 unspecified atom stereocenters. The zero-order chi connectivity index (χ0) is 27.4. The van der Waals surface area contributed by atoms with Gasteiger partial charge in [-0.15, -0.1) is 0 Å². The molecule has 4 aromatic carbocycles. The summed E-state index contributed by atoms with van der Waals surface area (Å²) in [5.74, 6) is -0.651. The number of carboxylic acid groups (broad SMARTS) is 1. The van der Waals surface area contributed by atoms with Crippen LogP contribution in [-0.2, 0) is 11.2 Å². The van der Waals surface area contributed by atoms with Gasteiger partial charge >= 0.3 is 29.6 Å². The van der Waals surface area contributed by atoms with Gasteiger partial charge in [0.15, 0.2) is 5.78 Å². The number of fused-ring (bicyclic) bond motifs is 1. The Hall–Kier alpha value is -2.80. The first-order valence-electron chi connectivity index (χ1n) is 12.7. The fourth-order valence-corrected chi connectivity index (χ4v) is 5.18. The van der Waals surface area contributed by atoms with Crippen LogP contribution in [0.4, 0.5) is 0 Å².